The van der Waals surface area contributed by atoms with Gasteiger partial charge in [0.15, 0.2) is 0 Å². The lowest BCUT2D eigenvalue weighted by Crippen LogP contribution is -2.32. The van der Waals surface area contributed by atoms with Crippen LogP contribution < -0.4 is 10.6 Å². The Morgan fingerprint density at radius 3 is 2.14 bits per heavy atom. The van der Waals surface area contributed by atoms with Crippen LogP contribution in [-0.2, 0) is 32.2 Å². The van der Waals surface area contributed by atoms with E-state index in [0.717, 1.165) is 24.0 Å². The highest BCUT2D eigenvalue weighted by Gasteiger charge is 2.25. The second kappa shape index (κ2) is 13.9. The number of rotatable bonds is 11. The summed E-state index contributed by atoms with van der Waals surface area (Å²) in [7, 11) is 0. The molecule has 0 saturated heterocycles. The zero-order valence-electron chi connectivity index (χ0n) is 20.6. The van der Waals surface area contributed by atoms with Crippen molar-refractivity contribution in [3.63, 3.8) is 0 Å². The molecule has 188 valence electrons. The molecule has 0 aliphatic heterocycles. The van der Waals surface area contributed by atoms with Crippen LogP contribution in [0, 0.1) is 5.41 Å². The number of amides is 2. The molecule has 0 radical (unpaired) electrons. The Kier molecular flexibility index (Phi) is 10.9. The van der Waals surface area contributed by atoms with Crippen LogP contribution in [0.2, 0.25) is 0 Å². The van der Waals surface area contributed by atoms with Gasteiger partial charge < -0.3 is 20.1 Å². The minimum Gasteiger partial charge on any atom is -0.461 e. The van der Waals surface area contributed by atoms with Gasteiger partial charge in [0.1, 0.15) is 6.61 Å². The highest BCUT2D eigenvalue weighted by Crippen LogP contribution is 2.15. The predicted octanol–water partition coefficient (Wildman–Crippen LogP) is 4.52. The first-order valence-corrected chi connectivity index (χ1v) is 11.7. The van der Waals surface area contributed by atoms with Crippen molar-refractivity contribution < 1.29 is 28.7 Å². The Labute approximate surface area is 206 Å². The first-order chi connectivity index (χ1) is 16.6. The number of ether oxygens (including phenoxy) is 2. The van der Waals surface area contributed by atoms with Crippen LogP contribution in [0.15, 0.2) is 54.6 Å². The zero-order valence-corrected chi connectivity index (χ0v) is 20.6. The molecule has 2 rings (SSSR count). The molecule has 0 saturated carbocycles. The van der Waals surface area contributed by atoms with E-state index < -0.39 is 17.5 Å². The third-order valence-electron chi connectivity index (χ3n) is 5.04. The van der Waals surface area contributed by atoms with Gasteiger partial charge in [0.2, 0.25) is 0 Å². The van der Waals surface area contributed by atoms with Gasteiger partial charge in [-0.05, 0) is 56.9 Å². The van der Waals surface area contributed by atoms with E-state index in [1.807, 2.05) is 30.3 Å². The molecule has 0 aromatic heterocycles. The van der Waals surface area contributed by atoms with Gasteiger partial charge in [-0.25, -0.2) is 4.79 Å². The van der Waals surface area contributed by atoms with Crippen molar-refractivity contribution in [2.24, 2.45) is 5.41 Å². The third-order valence-corrected chi connectivity index (χ3v) is 5.04. The molecule has 35 heavy (non-hydrogen) atoms. The third kappa shape index (κ3) is 10.9. The molecule has 8 nitrogen and oxygen atoms in total. The number of hydrogen-bond donors (Lipinski definition) is 2. The van der Waals surface area contributed by atoms with Crippen LogP contribution in [0.25, 0.3) is 0 Å². The lowest BCUT2D eigenvalue weighted by atomic mass is 9.98. The fourth-order valence-electron chi connectivity index (χ4n) is 2.91. The van der Waals surface area contributed by atoms with E-state index in [1.54, 1.807) is 45.0 Å². The summed E-state index contributed by atoms with van der Waals surface area (Å²) in [5, 5.41) is 5.37. The highest BCUT2D eigenvalue weighted by atomic mass is 16.6. The van der Waals surface area contributed by atoms with E-state index in [2.05, 4.69) is 10.6 Å². The van der Waals surface area contributed by atoms with Gasteiger partial charge in [-0.1, -0.05) is 48.9 Å². The van der Waals surface area contributed by atoms with Gasteiger partial charge in [-0.2, -0.15) is 0 Å². The summed E-state index contributed by atoms with van der Waals surface area (Å²) in [6.07, 6.45) is 1.81. The first kappa shape index (κ1) is 27.6. The van der Waals surface area contributed by atoms with Gasteiger partial charge in [0, 0.05) is 25.1 Å². The number of carbonyl (C=O) groups excluding carboxylic acids is 4. The number of benzene rings is 2. The van der Waals surface area contributed by atoms with Gasteiger partial charge >= 0.3 is 18.0 Å². The molecule has 0 fully saturated rings. The topological polar surface area (TPSA) is 111 Å². The van der Waals surface area contributed by atoms with Crippen LogP contribution in [-0.4, -0.2) is 30.5 Å². The molecule has 2 aromatic carbocycles. The highest BCUT2D eigenvalue weighted by molar-refractivity contribution is 5.94. The minimum atomic E-state index is -0.809. The molecule has 2 aromatic rings. The number of carbonyl (C=O) groups is 4. The smallest absolute Gasteiger partial charge is 0.415 e. The fourth-order valence-corrected chi connectivity index (χ4v) is 2.91. The van der Waals surface area contributed by atoms with Crippen molar-refractivity contribution in [2.75, 3.05) is 6.54 Å². The number of nitrogens with one attached hydrogen (secondary N) is 2. The maximum atomic E-state index is 12.3. The summed E-state index contributed by atoms with van der Waals surface area (Å²) in [6.45, 7) is 5.95. The first-order valence-electron chi connectivity index (χ1n) is 11.7. The molecule has 0 heterocycles. The van der Waals surface area contributed by atoms with Crippen molar-refractivity contribution in [1.29, 1.82) is 0 Å². The second-order valence-electron chi connectivity index (χ2n) is 9.19. The minimum absolute atomic E-state index is 0.173. The van der Waals surface area contributed by atoms with Crippen LogP contribution in [0.1, 0.15) is 67.9 Å². The molecule has 0 spiro atoms. The predicted molar refractivity (Wildman–Crippen MR) is 131 cm³/mol. The van der Waals surface area contributed by atoms with E-state index in [9.17, 15) is 19.2 Å². The van der Waals surface area contributed by atoms with E-state index in [0.29, 0.717) is 24.9 Å². The quantitative estimate of drug-likeness (QED) is 0.277. The average Bonchev–Trinajstić information content (AvgIpc) is 2.83. The van der Waals surface area contributed by atoms with Gasteiger partial charge in [0.25, 0.3) is 5.91 Å². The van der Waals surface area contributed by atoms with Crippen LogP contribution in [0.4, 0.5) is 4.79 Å². The maximum Gasteiger partial charge on any atom is 0.415 e. The van der Waals surface area contributed by atoms with Crippen LogP contribution in [0.5, 0.6) is 0 Å². The molecule has 0 bridgehead atoms. The Morgan fingerprint density at radius 1 is 0.800 bits per heavy atom. The van der Waals surface area contributed by atoms with Crippen molar-refractivity contribution in [3.05, 3.63) is 71.3 Å². The van der Waals surface area contributed by atoms with Gasteiger partial charge in [-0.15, -0.1) is 0 Å². The lowest BCUT2D eigenvalue weighted by molar-refractivity contribution is -0.146. The molecule has 2 amide bonds. The van der Waals surface area contributed by atoms with E-state index in [4.69, 9.17) is 9.47 Å². The fraction of sp³-hybridized carbons (Fsp3) is 0.407. The summed E-state index contributed by atoms with van der Waals surface area (Å²) in [6, 6.07) is 16.3. The van der Waals surface area contributed by atoms with Gasteiger partial charge in [-0.3, -0.25) is 14.4 Å². The van der Waals surface area contributed by atoms with Crippen LogP contribution in [0.3, 0.4) is 0 Å². The van der Waals surface area contributed by atoms with E-state index in [1.165, 1.54) is 0 Å². The molecule has 2 N–H and O–H groups in total. The average molecular weight is 483 g/mol. The van der Waals surface area contributed by atoms with E-state index >= 15 is 0 Å². The Morgan fingerprint density at radius 2 is 1.49 bits per heavy atom. The van der Waals surface area contributed by atoms with Gasteiger partial charge in [0.05, 0.1) is 5.41 Å². The van der Waals surface area contributed by atoms with Crippen molar-refractivity contribution in [2.45, 2.75) is 59.6 Å². The molecule has 0 unspecified atom stereocenters. The van der Waals surface area contributed by atoms with Crippen LogP contribution >= 0.6 is 0 Å². The van der Waals surface area contributed by atoms with Crippen molar-refractivity contribution >= 4 is 23.9 Å². The summed E-state index contributed by atoms with van der Waals surface area (Å²) >= 11 is 0. The molecule has 0 atom stereocenters. The Bertz CT molecular complexity index is 981. The van der Waals surface area contributed by atoms with Crippen molar-refractivity contribution in [1.82, 2.24) is 10.6 Å². The summed E-state index contributed by atoms with van der Waals surface area (Å²) in [5.74, 6) is -1.02. The summed E-state index contributed by atoms with van der Waals surface area (Å²) in [4.78, 5) is 47.5. The monoisotopic (exact) mass is 482 g/mol. The number of alkyl carbamates (subject to hydrolysis) is 1. The standard InChI is InChI=1S/C27H34N2O6/c1-27(2,3)25(32)35-26(33)29-18-20-13-15-22(16-14-20)24(31)28-17-9-5-8-12-23(30)34-19-21-10-6-4-7-11-21/h4,6-7,10-11,13-16H,5,8-9,12,17-19H2,1-3H3,(H,28,31)(H,29,33). The Hall–Kier alpha value is -3.68. The molecule has 8 heteroatoms. The molecule has 0 aliphatic carbocycles. The maximum absolute atomic E-state index is 12.3. The SMILES string of the molecule is CC(C)(C)C(=O)OC(=O)NCc1ccc(C(=O)NCCCCCC(=O)OCc2ccccc2)cc1. The zero-order chi connectivity index (χ0) is 25.7. The van der Waals surface area contributed by atoms with Crippen molar-refractivity contribution in [3.8, 4) is 0 Å². The van der Waals surface area contributed by atoms with E-state index in [-0.39, 0.29) is 25.0 Å². The molecule has 0 aliphatic rings. The Balaban J connectivity index is 1.58. The molecular formula is C27H34N2O6. The summed E-state index contributed by atoms with van der Waals surface area (Å²) < 4.78 is 9.98. The second-order valence-corrected chi connectivity index (χ2v) is 9.19. The lowest BCUT2D eigenvalue weighted by Gasteiger charge is -2.15. The molecular weight excluding hydrogens is 448 g/mol. The summed E-state index contributed by atoms with van der Waals surface area (Å²) in [5.41, 5.74) is 1.47. The number of unbranched alkanes of at least 4 members (excludes halogenated alkanes) is 2. The normalized spacial score (nSPS) is 10.8. The largest absolute Gasteiger partial charge is 0.461 e. The number of esters is 2. The number of hydrogen-bond acceptors (Lipinski definition) is 6.